The van der Waals surface area contributed by atoms with Gasteiger partial charge in [0.15, 0.2) is 5.78 Å². The number of ketones is 1. The van der Waals surface area contributed by atoms with Crippen LogP contribution < -0.4 is 0 Å². The SMILES string of the molecule is C=C1C(C)=C(/C=C(\C)C(=O)O)C(=O)c2ccccc21. The van der Waals surface area contributed by atoms with Gasteiger partial charge in [-0.25, -0.2) is 4.79 Å². The number of fused-ring (bicyclic) bond motifs is 1. The van der Waals surface area contributed by atoms with Crippen molar-refractivity contribution in [2.75, 3.05) is 0 Å². The Morgan fingerprint density at radius 3 is 2.42 bits per heavy atom. The van der Waals surface area contributed by atoms with E-state index in [2.05, 4.69) is 6.58 Å². The van der Waals surface area contributed by atoms with Crippen LogP contribution in [0.15, 0.2) is 53.6 Å². The van der Waals surface area contributed by atoms with Crippen LogP contribution in [0, 0.1) is 0 Å². The molecule has 96 valence electrons. The van der Waals surface area contributed by atoms with E-state index >= 15 is 0 Å². The van der Waals surface area contributed by atoms with E-state index in [0.29, 0.717) is 11.1 Å². The van der Waals surface area contributed by atoms with Crippen LogP contribution in [0.2, 0.25) is 0 Å². The molecule has 0 fully saturated rings. The standard InChI is InChI=1S/C16H14O3/c1-9(16(18)19)8-14-11(3)10(2)12-6-4-5-7-13(12)15(14)17/h4-8H,2H2,1,3H3,(H,18,19)/b9-8+. The summed E-state index contributed by atoms with van der Waals surface area (Å²) in [6.45, 7) is 7.25. The summed E-state index contributed by atoms with van der Waals surface area (Å²) in [6.07, 6.45) is 1.42. The van der Waals surface area contributed by atoms with Crippen LogP contribution in [0.4, 0.5) is 0 Å². The van der Waals surface area contributed by atoms with E-state index in [9.17, 15) is 9.59 Å². The third kappa shape index (κ3) is 2.15. The van der Waals surface area contributed by atoms with Crippen LogP contribution in [0.5, 0.6) is 0 Å². The minimum atomic E-state index is -1.03. The van der Waals surface area contributed by atoms with Crippen molar-refractivity contribution in [1.82, 2.24) is 0 Å². The molecule has 0 aliphatic heterocycles. The van der Waals surface area contributed by atoms with E-state index in [1.807, 2.05) is 12.1 Å². The molecule has 19 heavy (non-hydrogen) atoms. The summed E-state index contributed by atoms with van der Waals surface area (Å²) in [6, 6.07) is 7.23. The zero-order valence-corrected chi connectivity index (χ0v) is 10.9. The van der Waals surface area contributed by atoms with E-state index in [1.54, 1.807) is 19.1 Å². The van der Waals surface area contributed by atoms with Crippen molar-refractivity contribution in [1.29, 1.82) is 0 Å². The molecule has 1 aromatic rings. The van der Waals surface area contributed by atoms with Crippen LogP contribution in [0.1, 0.15) is 29.8 Å². The number of hydrogen-bond donors (Lipinski definition) is 1. The molecule has 2 rings (SSSR count). The molecule has 0 spiro atoms. The Morgan fingerprint density at radius 2 is 1.84 bits per heavy atom. The molecule has 1 aliphatic carbocycles. The highest BCUT2D eigenvalue weighted by Crippen LogP contribution is 2.34. The molecule has 0 saturated carbocycles. The zero-order valence-electron chi connectivity index (χ0n) is 10.9. The van der Waals surface area contributed by atoms with Crippen LogP contribution in [0.25, 0.3) is 5.57 Å². The van der Waals surface area contributed by atoms with Gasteiger partial charge in [-0.05, 0) is 36.6 Å². The molecule has 3 nitrogen and oxygen atoms in total. The summed E-state index contributed by atoms with van der Waals surface area (Å²) in [5.74, 6) is -1.18. The first-order valence-electron chi connectivity index (χ1n) is 5.89. The van der Waals surface area contributed by atoms with Crippen molar-refractivity contribution in [3.8, 4) is 0 Å². The number of benzene rings is 1. The second-order valence-electron chi connectivity index (χ2n) is 4.52. The summed E-state index contributed by atoms with van der Waals surface area (Å²) < 4.78 is 0. The van der Waals surface area contributed by atoms with Crippen molar-refractivity contribution in [2.24, 2.45) is 0 Å². The highest BCUT2D eigenvalue weighted by atomic mass is 16.4. The lowest BCUT2D eigenvalue weighted by Crippen LogP contribution is -2.14. The predicted octanol–water partition coefficient (Wildman–Crippen LogP) is 3.24. The average molecular weight is 254 g/mol. The fraction of sp³-hybridized carbons (Fsp3) is 0.125. The number of carboxylic acid groups (broad SMARTS) is 1. The fourth-order valence-electron chi connectivity index (χ4n) is 2.08. The monoisotopic (exact) mass is 254 g/mol. The van der Waals surface area contributed by atoms with Gasteiger partial charge in [-0.1, -0.05) is 30.8 Å². The highest BCUT2D eigenvalue weighted by Gasteiger charge is 2.25. The number of Topliss-reactive ketones (excluding diaryl/α,β-unsaturated/α-hetero) is 1. The molecule has 0 amide bonds. The number of hydrogen-bond acceptors (Lipinski definition) is 2. The molecule has 0 unspecified atom stereocenters. The molecule has 0 aromatic heterocycles. The third-order valence-electron chi connectivity index (χ3n) is 3.30. The first kappa shape index (κ1) is 13.0. The third-order valence-corrected chi connectivity index (χ3v) is 3.30. The molecule has 0 atom stereocenters. The lowest BCUT2D eigenvalue weighted by molar-refractivity contribution is -0.132. The first-order chi connectivity index (χ1) is 8.93. The van der Waals surface area contributed by atoms with E-state index in [4.69, 9.17) is 5.11 Å². The maximum absolute atomic E-state index is 12.4. The number of carboxylic acids is 1. The van der Waals surface area contributed by atoms with Crippen molar-refractivity contribution in [2.45, 2.75) is 13.8 Å². The van der Waals surface area contributed by atoms with Gasteiger partial charge in [-0.15, -0.1) is 0 Å². The summed E-state index contributed by atoms with van der Waals surface area (Å²) in [7, 11) is 0. The van der Waals surface area contributed by atoms with E-state index in [0.717, 1.165) is 16.7 Å². The molecule has 0 heterocycles. The largest absolute Gasteiger partial charge is 0.478 e. The number of rotatable bonds is 2. The van der Waals surface area contributed by atoms with E-state index in [-0.39, 0.29) is 11.4 Å². The van der Waals surface area contributed by atoms with Crippen molar-refractivity contribution in [3.05, 3.63) is 64.8 Å². The lowest BCUT2D eigenvalue weighted by atomic mass is 9.82. The van der Waals surface area contributed by atoms with Gasteiger partial charge in [-0.2, -0.15) is 0 Å². The van der Waals surface area contributed by atoms with Crippen LogP contribution in [-0.2, 0) is 4.79 Å². The summed E-state index contributed by atoms with van der Waals surface area (Å²) in [5.41, 5.74) is 3.42. The Balaban J connectivity index is 2.61. The average Bonchev–Trinajstić information content (AvgIpc) is 2.40. The topological polar surface area (TPSA) is 54.4 Å². The molecule has 0 bridgehead atoms. The maximum Gasteiger partial charge on any atom is 0.331 e. The van der Waals surface area contributed by atoms with Gasteiger partial charge < -0.3 is 5.11 Å². The molecule has 0 radical (unpaired) electrons. The van der Waals surface area contributed by atoms with Crippen LogP contribution in [0.3, 0.4) is 0 Å². The minimum Gasteiger partial charge on any atom is -0.478 e. The minimum absolute atomic E-state index is 0.134. The molecular weight excluding hydrogens is 240 g/mol. The maximum atomic E-state index is 12.4. The quantitative estimate of drug-likeness (QED) is 0.824. The van der Waals surface area contributed by atoms with E-state index in [1.165, 1.54) is 13.0 Å². The zero-order chi connectivity index (χ0) is 14.2. The van der Waals surface area contributed by atoms with Crippen molar-refractivity contribution >= 4 is 17.3 Å². The molecule has 1 aliphatic rings. The highest BCUT2D eigenvalue weighted by molar-refractivity contribution is 6.19. The number of carbonyl (C=O) groups is 2. The van der Waals surface area contributed by atoms with Crippen LogP contribution >= 0.6 is 0 Å². The summed E-state index contributed by atoms with van der Waals surface area (Å²) in [4.78, 5) is 23.3. The second kappa shape index (κ2) is 4.69. The van der Waals surface area contributed by atoms with Crippen molar-refractivity contribution in [3.63, 3.8) is 0 Å². The Labute approximate surface area is 111 Å². The molecule has 1 N–H and O–H groups in total. The van der Waals surface area contributed by atoms with Gasteiger partial charge in [-0.3, -0.25) is 4.79 Å². The number of aliphatic carboxylic acids is 1. The van der Waals surface area contributed by atoms with Gasteiger partial charge in [0.05, 0.1) is 0 Å². The van der Waals surface area contributed by atoms with Gasteiger partial charge in [0.1, 0.15) is 0 Å². The lowest BCUT2D eigenvalue weighted by Gasteiger charge is -2.20. The van der Waals surface area contributed by atoms with Gasteiger partial charge in [0.25, 0.3) is 0 Å². The van der Waals surface area contributed by atoms with Crippen LogP contribution in [-0.4, -0.2) is 16.9 Å². The molecular formula is C16H14O3. The normalized spacial score (nSPS) is 15.6. The molecule has 1 aromatic carbocycles. The number of carbonyl (C=O) groups excluding carboxylic acids is 1. The first-order valence-corrected chi connectivity index (χ1v) is 5.89. The predicted molar refractivity (Wildman–Crippen MR) is 73.9 cm³/mol. The Kier molecular flexibility index (Phi) is 3.21. The summed E-state index contributed by atoms with van der Waals surface area (Å²) in [5, 5.41) is 8.92. The van der Waals surface area contributed by atoms with Gasteiger partial charge in [0, 0.05) is 16.7 Å². The summed E-state index contributed by atoms with van der Waals surface area (Å²) >= 11 is 0. The Bertz CT molecular complexity index is 660. The number of allylic oxidation sites excluding steroid dienone is 4. The Morgan fingerprint density at radius 1 is 1.26 bits per heavy atom. The fourth-order valence-corrected chi connectivity index (χ4v) is 2.08. The van der Waals surface area contributed by atoms with Crippen molar-refractivity contribution < 1.29 is 14.7 Å². The smallest absolute Gasteiger partial charge is 0.331 e. The van der Waals surface area contributed by atoms with Gasteiger partial charge in [0.2, 0.25) is 0 Å². The Hall–Kier alpha value is -2.42. The van der Waals surface area contributed by atoms with Gasteiger partial charge >= 0.3 is 5.97 Å². The molecule has 3 heteroatoms. The second-order valence-corrected chi connectivity index (χ2v) is 4.52. The molecule has 0 saturated heterocycles. The van der Waals surface area contributed by atoms with E-state index < -0.39 is 5.97 Å².